The van der Waals surface area contributed by atoms with E-state index in [9.17, 15) is 9.59 Å². The number of carboxylic acid groups (broad SMARTS) is 1. The predicted octanol–water partition coefficient (Wildman–Crippen LogP) is -0.624. The highest BCUT2D eigenvalue weighted by Crippen LogP contribution is 2.16. The second-order valence-corrected chi connectivity index (χ2v) is 4.42. The molecular weight excluding hydrogens is 224 g/mol. The molecule has 1 amide bonds. The molecule has 0 aromatic heterocycles. The Bertz CT molecular complexity index is 275. The van der Waals surface area contributed by atoms with Gasteiger partial charge in [0.2, 0.25) is 5.91 Å². The van der Waals surface area contributed by atoms with Gasteiger partial charge in [-0.2, -0.15) is 0 Å². The fourth-order valence-corrected chi connectivity index (χ4v) is 2.16. The molecule has 2 N–H and O–H groups in total. The Hall–Kier alpha value is -1.14. The highest BCUT2D eigenvalue weighted by Gasteiger charge is 2.27. The van der Waals surface area contributed by atoms with Gasteiger partial charge in [0.05, 0.1) is 6.61 Å². The molecule has 1 heterocycles. The van der Waals surface area contributed by atoms with Crippen molar-refractivity contribution in [3.05, 3.63) is 0 Å². The van der Waals surface area contributed by atoms with Crippen LogP contribution in [0.4, 0.5) is 0 Å². The largest absolute Gasteiger partial charge is 0.481 e. The zero-order chi connectivity index (χ0) is 12.8. The summed E-state index contributed by atoms with van der Waals surface area (Å²) in [6.07, 6.45) is 1.18. The van der Waals surface area contributed by atoms with Crippen LogP contribution in [0.5, 0.6) is 0 Å². The molecule has 1 fully saturated rings. The predicted molar refractivity (Wildman–Crippen MR) is 61.6 cm³/mol. The number of aliphatic hydroxyl groups excluding tert-OH is 1. The van der Waals surface area contributed by atoms with Crippen LogP contribution >= 0.6 is 0 Å². The smallest absolute Gasteiger partial charge is 0.312 e. The third-order valence-corrected chi connectivity index (χ3v) is 3.09. The Balaban J connectivity index is 2.58. The van der Waals surface area contributed by atoms with Crippen molar-refractivity contribution in [2.45, 2.75) is 25.3 Å². The van der Waals surface area contributed by atoms with Gasteiger partial charge in [0, 0.05) is 12.6 Å². The quantitative estimate of drug-likeness (QED) is 0.630. The van der Waals surface area contributed by atoms with Crippen molar-refractivity contribution in [3.63, 3.8) is 0 Å². The minimum atomic E-state index is -1.12. The molecule has 0 spiro atoms. The number of hydrogen-bond donors (Lipinski definition) is 2. The first-order valence-electron chi connectivity index (χ1n) is 5.85. The summed E-state index contributed by atoms with van der Waals surface area (Å²) in [6.45, 7) is 1.89. The maximum Gasteiger partial charge on any atom is 0.312 e. The van der Waals surface area contributed by atoms with E-state index in [1.54, 1.807) is 0 Å². The van der Waals surface area contributed by atoms with Gasteiger partial charge < -0.3 is 20.0 Å². The Morgan fingerprint density at radius 1 is 1.35 bits per heavy atom. The van der Waals surface area contributed by atoms with Gasteiger partial charge in [-0.15, -0.1) is 0 Å². The van der Waals surface area contributed by atoms with E-state index < -0.39 is 18.3 Å². The highest BCUT2D eigenvalue weighted by atomic mass is 16.4. The summed E-state index contributed by atoms with van der Waals surface area (Å²) in [5, 5.41) is 17.6. The third kappa shape index (κ3) is 4.32. The van der Waals surface area contributed by atoms with Crippen LogP contribution in [0.1, 0.15) is 19.3 Å². The molecule has 6 heteroatoms. The van der Waals surface area contributed by atoms with Crippen LogP contribution in [0.2, 0.25) is 0 Å². The molecule has 1 aliphatic heterocycles. The summed E-state index contributed by atoms with van der Waals surface area (Å²) in [6, 6.07) is 0.0604. The van der Waals surface area contributed by atoms with E-state index in [0.29, 0.717) is 0 Å². The van der Waals surface area contributed by atoms with E-state index >= 15 is 0 Å². The van der Waals surface area contributed by atoms with Gasteiger partial charge >= 0.3 is 5.97 Å². The standard InChI is InChI=1S/C11H20N2O4/c1-12-4-2-9(3-5-12)13(6-7-14)10(15)8-11(16)17/h9,14H,2-8H2,1H3,(H,16,17). The lowest BCUT2D eigenvalue weighted by molar-refractivity contribution is -0.146. The lowest BCUT2D eigenvalue weighted by atomic mass is 10.0. The van der Waals surface area contributed by atoms with Crippen molar-refractivity contribution < 1.29 is 19.8 Å². The zero-order valence-electron chi connectivity index (χ0n) is 10.1. The Morgan fingerprint density at radius 2 is 1.94 bits per heavy atom. The molecule has 1 rings (SSSR count). The van der Waals surface area contributed by atoms with Crippen LogP contribution in [0.15, 0.2) is 0 Å². The first-order chi connectivity index (χ1) is 8.04. The number of piperidine rings is 1. The number of carboxylic acids is 1. The zero-order valence-corrected chi connectivity index (χ0v) is 10.1. The number of aliphatic hydroxyl groups is 1. The van der Waals surface area contributed by atoms with Crippen molar-refractivity contribution >= 4 is 11.9 Å². The number of hydrogen-bond acceptors (Lipinski definition) is 4. The van der Waals surface area contributed by atoms with Crippen LogP contribution in [0.3, 0.4) is 0 Å². The lowest BCUT2D eigenvalue weighted by Gasteiger charge is -2.36. The maximum atomic E-state index is 11.7. The van der Waals surface area contributed by atoms with Crippen molar-refractivity contribution in [1.29, 1.82) is 0 Å². The van der Waals surface area contributed by atoms with Crippen LogP contribution in [-0.2, 0) is 9.59 Å². The lowest BCUT2D eigenvalue weighted by Crippen LogP contribution is -2.48. The highest BCUT2D eigenvalue weighted by molar-refractivity contribution is 5.93. The molecule has 6 nitrogen and oxygen atoms in total. The van der Waals surface area contributed by atoms with Crippen LogP contribution in [-0.4, -0.2) is 71.2 Å². The summed E-state index contributed by atoms with van der Waals surface area (Å²) >= 11 is 0. The number of likely N-dealkylation sites (tertiary alicyclic amines) is 1. The minimum Gasteiger partial charge on any atom is -0.481 e. The normalized spacial score (nSPS) is 18.0. The number of carbonyl (C=O) groups excluding carboxylic acids is 1. The van der Waals surface area contributed by atoms with Crippen LogP contribution < -0.4 is 0 Å². The molecule has 0 saturated carbocycles. The molecule has 0 atom stereocenters. The molecule has 1 aliphatic rings. The maximum absolute atomic E-state index is 11.7. The summed E-state index contributed by atoms with van der Waals surface area (Å²) in [5.74, 6) is -1.52. The molecular formula is C11H20N2O4. The molecule has 0 radical (unpaired) electrons. The van der Waals surface area contributed by atoms with Crippen molar-refractivity contribution in [2.24, 2.45) is 0 Å². The first-order valence-corrected chi connectivity index (χ1v) is 5.85. The number of aliphatic carboxylic acids is 1. The van der Waals surface area contributed by atoms with Crippen LogP contribution in [0, 0.1) is 0 Å². The minimum absolute atomic E-state index is 0.0604. The first kappa shape index (κ1) is 13.9. The Labute approximate surface area is 101 Å². The molecule has 0 unspecified atom stereocenters. The number of carbonyl (C=O) groups is 2. The van der Waals surface area contributed by atoms with Gasteiger partial charge in [0.15, 0.2) is 0 Å². The van der Waals surface area contributed by atoms with E-state index in [-0.39, 0.29) is 19.2 Å². The summed E-state index contributed by atoms with van der Waals surface area (Å²) in [4.78, 5) is 26.0. The topological polar surface area (TPSA) is 81.1 Å². The summed E-state index contributed by atoms with van der Waals surface area (Å²) < 4.78 is 0. The number of amides is 1. The van der Waals surface area contributed by atoms with Gasteiger partial charge in [0.25, 0.3) is 0 Å². The van der Waals surface area contributed by atoms with Crippen molar-refractivity contribution in [1.82, 2.24) is 9.80 Å². The average molecular weight is 244 g/mol. The van der Waals surface area contributed by atoms with Gasteiger partial charge in [-0.05, 0) is 33.0 Å². The van der Waals surface area contributed by atoms with E-state index in [0.717, 1.165) is 25.9 Å². The fourth-order valence-electron chi connectivity index (χ4n) is 2.16. The van der Waals surface area contributed by atoms with Crippen molar-refractivity contribution in [2.75, 3.05) is 33.3 Å². The third-order valence-electron chi connectivity index (χ3n) is 3.09. The van der Waals surface area contributed by atoms with Gasteiger partial charge in [-0.1, -0.05) is 0 Å². The summed E-state index contributed by atoms with van der Waals surface area (Å²) in [5.41, 5.74) is 0. The molecule has 0 aromatic carbocycles. The second kappa shape index (κ2) is 6.56. The average Bonchev–Trinajstić information content (AvgIpc) is 2.26. The number of nitrogens with zero attached hydrogens (tertiary/aromatic N) is 2. The van der Waals surface area contributed by atoms with Gasteiger partial charge in [-0.3, -0.25) is 9.59 Å². The van der Waals surface area contributed by atoms with E-state index in [4.69, 9.17) is 10.2 Å². The Morgan fingerprint density at radius 3 is 2.41 bits per heavy atom. The van der Waals surface area contributed by atoms with Gasteiger partial charge in [0.1, 0.15) is 6.42 Å². The van der Waals surface area contributed by atoms with Crippen LogP contribution in [0.25, 0.3) is 0 Å². The fraction of sp³-hybridized carbons (Fsp3) is 0.818. The molecule has 0 aromatic rings. The van der Waals surface area contributed by atoms with Gasteiger partial charge in [-0.25, -0.2) is 0 Å². The number of rotatable bonds is 5. The molecule has 0 bridgehead atoms. The summed E-state index contributed by atoms with van der Waals surface area (Å²) in [7, 11) is 2.02. The Kier molecular flexibility index (Phi) is 5.37. The second-order valence-electron chi connectivity index (χ2n) is 4.42. The SMILES string of the molecule is CN1CCC(N(CCO)C(=O)CC(=O)O)CC1. The van der Waals surface area contributed by atoms with Crippen molar-refractivity contribution in [3.8, 4) is 0 Å². The molecule has 1 saturated heterocycles. The molecule has 17 heavy (non-hydrogen) atoms. The molecule has 0 aliphatic carbocycles. The van der Waals surface area contributed by atoms with E-state index in [1.807, 2.05) is 7.05 Å². The monoisotopic (exact) mass is 244 g/mol. The molecule has 98 valence electrons. The van der Waals surface area contributed by atoms with E-state index in [1.165, 1.54) is 4.90 Å². The van der Waals surface area contributed by atoms with E-state index in [2.05, 4.69) is 4.90 Å².